The Bertz CT molecular complexity index is 555. The van der Waals surface area contributed by atoms with Crippen LogP contribution < -0.4 is 15.5 Å². The summed E-state index contributed by atoms with van der Waals surface area (Å²) in [6, 6.07) is 3.76. The van der Waals surface area contributed by atoms with Gasteiger partial charge in [-0.2, -0.15) is 4.73 Å². The van der Waals surface area contributed by atoms with Gasteiger partial charge in [-0.05, 0) is 0 Å². The van der Waals surface area contributed by atoms with E-state index in [4.69, 9.17) is 20.8 Å². The highest BCUT2D eigenvalue weighted by Crippen LogP contribution is 2.28. The molecule has 0 aliphatic heterocycles. The Labute approximate surface area is 111 Å². The smallest absolute Gasteiger partial charge is 0.142 e. The lowest BCUT2D eigenvalue weighted by atomic mass is 10.4. The van der Waals surface area contributed by atoms with Crippen LogP contribution in [0.5, 0.6) is 0 Å². The molecule has 7 nitrogen and oxygen atoms in total. The zero-order chi connectivity index (χ0) is 14.0. The summed E-state index contributed by atoms with van der Waals surface area (Å²) >= 11 is 0. The zero-order valence-corrected chi connectivity index (χ0v) is 11.2. The quantitative estimate of drug-likeness (QED) is 0.652. The van der Waals surface area contributed by atoms with Crippen LogP contribution in [0.25, 0.3) is 11.0 Å². The SMILES string of the molecule is COn1c(N)cc2c1cc(N(CCO)CCO)n2C. The van der Waals surface area contributed by atoms with E-state index in [9.17, 15) is 0 Å². The second-order valence-corrected chi connectivity index (χ2v) is 4.31. The van der Waals surface area contributed by atoms with Crippen molar-refractivity contribution in [1.82, 2.24) is 9.30 Å². The maximum Gasteiger partial charge on any atom is 0.142 e. The van der Waals surface area contributed by atoms with Gasteiger partial charge in [0.05, 0.1) is 18.7 Å². The Kier molecular flexibility index (Phi) is 3.87. The normalized spacial score (nSPS) is 11.2. The molecule has 0 spiro atoms. The van der Waals surface area contributed by atoms with Crippen LogP contribution >= 0.6 is 0 Å². The van der Waals surface area contributed by atoms with Gasteiger partial charge in [-0.25, -0.2) is 0 Å². The molecule has 0 radical (unpaired) electrons. The summed E-state index contributed by atoms with van der Waals surface area (Å²) in [7, 11) is 3.47. The largest absolute Gasteiger partial charge is 0.415 e. The topological polar surface area (TPSA) is 88.8 Å². The van der Waals surface area contributed by atoms with Crippen LogP contribution in [0.1, 0.15) is 0 Å². The van der Waals surface area contributed by atoms with E-state index in [0.717, 1.165) is 16.9 Å². The van der Waals surface area contributed by atoms with Crippen molar-refractivity contribution < 1.29 is 15.1 Å². The fourth-order valence-electron chi connectivity index (χ4n) is 2.35. The highest BCUT2D eigenvalue weighted by molar-refractivity contribution is 5.86. The second kappa shape index (κ2) is 5.41. The molecular weight excluding hydrogens is 248 g/mol. The first-order valence-electron chi connectivity index (χ1n) is 6.11. The van der Waals surface area contributed by atoms with E-state index in [1.165, 1.54) is 0 Å². The predicted octanol–water partition coefficient (Wildman–Crippen LogP) is -0.589. The van der Waals surface area contributed by atoms with E-state index >= 15 is 0 Å². The number of aryl methyl sites for hydroxylation is 1. The molecule has 106 valence electrons. The van der Waals surface area contributed by atoms with E-state index in [2.05, 4.69) is 0 Å². The molecule has 4 N–H and O–H groups in total. The van der Waals surface area contributed by atoms with Crippen molar-refractivity contribution in [2.24, 2.45) is 7.05 Å². The standard InChI is InChI=1S/C12H20N4O3/c1-14-9-7-11(13)16(19-2)10(9)8-12(14)15(3-5-17)4-6-18/h7-8,17-18H,3-6,13H2,1-2H3. The van der Waals surface area contributed by atoms with Gasteiger partial charge in [-0.3, -0.25) is 0 Å². The first-order valence-corrected chi connectivity index (χ1v) is 6.11. The maximum absolute atomic E-state index is 9.10. The van der Waals surface area contributed by atoms with Crippen LogP contribution in [0.3, 0.4) is 0 Å². The van der Waals surface area contributed by atoms with Crippen LogP contribution in [0.2, 0.25) is 0 Å². The van der Waals surface area contributed by atoms with Gasteiger partial charge in [0.2, 0.25) is 0 Å². The number of nitrogens with two attached hydrogens (primary N) is 1. The van der Waals surface area contributed by atoms with E-state index in [1.807, 2.05) is 28.6 Å². The van der Waals surface area contributed by atoms with Crippen molar-refractivity contribution in [3.8, 4) is 0 Å². The molecule has 0 aliphatic rings. The second-order valence-electron chi connectivity index (χ2n) is 4.31. The summed E-state index contributed by atoms with van der Waals surface area (Å²) in [6.07, 6.45) is 0. The summed E-state index contributed by atoms with van der Waals surface area (Å²) in [6.45, 7) is 0.983. The van der Waals surface area contributed by atoms with Gasteiger partial charge >= 0.3 is 0 Å². The van der Waals surface area contributed by atoms with Crippen LogP contribution in [0.4, 0.5) is 11.6 Å². The molecule has 0 bridgehead atoms. The molecule has 0 unspecified atom stereocenters. The third-order valence-electron chi connectivity index (χ3n) is 3.22. The van der Waals surface area contributed by atoms with Gasteiger partial charge < -0.3 is 30.3 Å². The van der Waals surface area contributed by atoms with Gasteiger partial charge in [0, 0.05) is 32.3 Å². The maximum atomic E-state index is 9.10. The first kappa shape index (κ1) is 13.6. The van der Waals surface area contributed by atoms with Gasteiger partial charge in [0.1, 0.15) is 24.3 Å². The van der Waals surface area contributed by atoms with Crippen molar-refractivity contribution in [3.63, 3.8) is 0 Å². The lowest BCUT2D eigenvalue weighted by molar-refractivity contribution is 0.184. The fourth-order valence-corrected chi connectivity index (χ4v) is 2.35. The summed E-state index contributed by atoms with van der Waals surface area (Å²) in [5.41, 5.74) is 7.65. The monoisotopic (exact) mass is 268 g/mol. The molecule has 0 atom stereocenters. The van der Waals surface area contributed by atoms with Crippen molar-refractivity contribution in [2.75, 3.05) is 44.0 Å². The Balaban J connectivity index is 2.48. The average molecular weight is 268 g/mol. The van der Waals surface area contributed by atoms with Crippen LogP contribution in [-0.2, 0) is 7.05 Å². The third kappa shape index (κ3) is 2.22. The number of hydrogen-bond donors (Lipinski definition) is 3. The van der Waals surface area contributed by atoms with E-state index in [1.54, 1.807) is 11.8 Å². The Morgan fingerprint density at radius 3 is 2.37 bits per heavy atom. The molecule has 2 heterocycles. The summed E-state index contributed by atoms with van der Waals surface area (Å²) < 4.78 is 3.52. The van der Waals surface area contributed by atoms with Gasteiger partial charge in [-0.15, -0.1) is 0 Å². The lowest BCUT2D eigenvalue weighted by Gasteiger charge is -2.23. The van der Waals surface area contributed by atoms with E-state index in [-0.39, 0.29) is 13.2 Å². The minimum atomic E-state index is 0.0296. The molecule has 7 heteroatoms. The van der Waals surface area contributed by atoms with E-state index < -0.39 is 0 Å². The number of hydrogen-bond acceptors (Lipinski definition) is 5. The number of fused-ring (bicyclic) bond motifs is 1. The van der Waals surface area contributed by atoms with Crippen molar-refractivity contribution in [3.05, 3.63) is 12.1 Å². The third-order valence-corrected chi connectivity index (χ3v) is 3.22. The Morgan fingerprint density at radius 1 is 1.21 bits per heavy atom. The van der Waals surface area contributed by atoms with Crippen molar-refractivity contribution in [1.29, 1.82) is 0 Å². The highest BCUT2D eigenvalue weighted by Gasteiger charge is 2.17. The number of rotatable bonds is 6. The van der Waals surface area contributed by atoms with E-state index in [0.29, 0.717) is 18.9 Å². The first-order chi connectivity index (χ1) is 9.13. The predicted molar refractivity (Wildman–Crippen MR) is 74.2 cm³/mol. The molecule has 0 aromatic carbocycles. The highest BCUT2D eigenvalue weighted by atomic mass is 16.6. The molecule has 0 saturated heterocycles. The number of aliphatic hydroxyl groups excluding tert-OH is 2. The Hall–Kier alpha value is -1.86. The number of anilines is 2. The van der Waals surface area contributed by atoms with Crippen molar-refractivity contribution in [2.45, 2.75) is 0 Å². The molecule has 19 heavy (non-hydrogen) atoms. The molecule has 2 aromatic heterocycles. The number of nitrogens with zero attached hydrogens (tertiary/aromatic N) is 3. The van der Waals surface area contributed by atoms with Gasteiger partial charge in [0.15, 0.2) is 0 Å². The number of aliphatic hydroxyl groups is 2. The minimum Gasteiger partial charge on any atom is -0.415 e. The summed E-state index contributed by atoms with van der Waals surface area (Å²) in [4.78, 5) is 7.14. The summed E-state index contributed by atoms with van der Waals surface area (Å²) in [5.74, 6) is 1.43. The van der Waals surface area contributed by atoms with Crippen LogP contribution in [-0.4, -0.2) is 52.9 Å². The molecule has 0 fully saturated rings. The number of nitrogen functional groups attached to an aromatic ring is 1. The zero-order valence-electron chi connectivity index (χ0n) is 11.2. The molecule has 0 amide bonds. The molecule has 0 aliphatic carbocycles. The lowest BCUT2D eigenvalue weighted by Crippen LogP contribution is -2.31. The molecular formula is C12H20N4O3. The van der Waals surface area contributed by atoms with Crippen LogP contribution in [0.15, 0.2) is 12.1 Å². The fraction of sp³-hybridized carbons (Fsp3) is 0.500. The van der Waals surface area contributed by atoms with Gasteiger partial charge in [-0.1, -0.05) is 0 Å². The number of aromatic nitrogens is 2. The van der Waals surface area contributed by atoms with Gasteiger partial charge in [0.25, 0.3) is 0 Å². The minimum absolute atomic E-state index is 0.0296. The molecule has 0 saturated carbocycles. The molecule has 2 aromatic rings. The average Bonchev–Trinajstić information content (AvgIpc) is 2.85. The van der Waals surface area contributed by atoms with Crippen LogP contribution in [0, 0.1) is 0 Å². The van der Waals surface area contributed by atoms with Crippen molar-refractivity contribution >= 4 is 22.7 Å². The molecule has 2 rings (SSSR count). The Morgan fingerprint density at radius 2 is 1.84 bits per heavy atom. The summed E-state index contributed by atoms with van der Waals surface area (Å²) in [5, 5.41) is 18.2.